The van der Waals surface area contributed by atoms with Gasteiger partial charge in [0.2, 0.25) is 11.8 Å². The minimum atomic E-state index is -4.87. The Morgan fingerprint density at radius 2 is 1.62 bits per heavy atom. The lowest BCUT2D eigenvalue weighted by molar-refractivity contribution is -0.139. The second-order valence-electron chi connectivity index (χ2n) is 8.78. The lowest BCUT2D eigenvalue weighted by Gasteiger charge is -2.32. The molecule has 1 N–H and O–H groups in total. The number of alkyl halides is 3. The van der Waals surface area contributed by atoms with Crippen LogP contribution >= 0.6 is 11.6 Å². The first-order valence-electron chi connectivity index (χ1n) is 11.8. The Bertz CT molecular complexity index is 1430. The van der Waals surface area contributed by atoms with E-state index >= 15 is 0 Å². The second kappa shape index (κ2) is 12.1. The molecule has 0 aliphatic carbocycles. The van der Waals surface area contributed by atoms with E-state index < -0.39 is 56.9 Å². The number of hydrogen-bond acceptors (Lipinski definition) is 4. The number of amides is 2. The van der Waals surface area contributed by atoms with Gasteiger partial charge in [-0.3, -0.25) is 13.9 Å². The summed E-state index contributed by atoms with van der Waals surface area (Å²) < 4.78 is 69.0. The molecular formula is C27H27ClF3N3O4S. The SMILES string of the molecule is CNC(=O)[C@@H](C)N(Cc1ccccc1)C(=O)CN(c1ccc(Cl)c(C(F)(F)F)c1)S(=O)(=O)c1ccc(C)cc1. The number of sulfonamides is 1. The third-order valence-electron chi connectivity index (χ3n) is 6.04. The predicted molar refractivity (Wildman–Crippen MR) is 143 cm³/mol. The van der Waals surface area contributed by atoms with Gasteiger partial charge >= 0.3 is 6.18 Å². The zero-order valence-electron chi connectivity index (χ0n) is 21.4. The first-order chi connectivity index (χ1) is 18.3. The van der Waals surface area contributed by atoms with Gasteiger partial charge < -0.3 is 10.2 Å². The van der Waals surface area contributed by atoms with Gasteiger partial charge in [-0.1, -0.05) is 59.6 Å². The Morgan fingerprint density at radius 3 is 2.18 bits per heavy atom. The molecule has 12 heteroatoms. The Hall–Kier alpha value is -3.57. The van der Waals surface area contributed by atoms with Gasteiger partial charge in [0.1, 0.15) is 12.6 Å². The summed E-state index contributed by atoms with van der Waals surface area (Å²) in [6.07, 6.45) is -4.87. The number of nitrogens with zero attached hydrogens (tertiary/aromatic N) is 2. The van der Waals surface area contributed by atoms with Crippen LogP contribution in [0.5, 0.6) is 0 Å². The third-order valence-corrected chi connectivity index (χ3v) is 8.16. The van der Waals surface area contributed by atoms with Crippen LogP contribution in [0.25, 0.3) is 0 Å². The van der Waals surface area contributed by atoms with E-state index in [2.05, 4.69) is 5.32 Å². The molecule has 0 aliphatic rings. The van der Waals surface area contributed by atoms with Crippen molar-refractivity contribution in [2.24, 2.45) is 0 Å². The third kappa shape index (κ3) is 7.10. The van der Waals surface area contributed by atoms with Gasteiger partial charge in [-0.25, -0.2) is 8.42 Å². The zero-order valence-corrected chi connectivity index (χ0v) is 22.9. The molecule has 208 valence electrons. The maximum Gasteiger partial charge on any atom is 0.417 e. The van der Waals surface area contributed by atoms with Crippen LogP contribution in [-0.2, 0) is 32.3 Å². The molecule has 0 fully saturated rings. The molecule has 3 aromatic rings. The lowest BCUT2D eigenvalue weighted by Crippen LogP contribution is -2.50. The van der Waals surface area contributed by atoms with E-state index in [4.69, 9.17) is 11.6 Å². The van der Waals surface area contributed by atoms with Crippen molar-refractivity contribution in [2.45, 2.75) is 37.5 Å². The molecule has 1 atom stereocenters. The molecule has 3 aromatic carbocycles. The number of carbonyl (C=O) groups is 2. The summed E-state index contributed by atoms with van der Waals surface area (Å²) in [5, 5.41) is 1.84. The van der Waals surface area contributed by atoms with Crippen LogP contribution in [0.15, 0.2) is 77.7 Å². The highest BCUT2D eigenvalue weighted by molar-refractivity contribution is 7.92. The molecule has 3 rings (SSSR count). The van der Waals surface area contributed by atoms with E-state index in [1.807, 2.05) is 0 Å². The highest BCUT2D eigenvalue weighted by Crippen LogP contribution is 2.38. The van der Waals surface area contributed by atoms with E-state index in [0.717, 1.165) is 17.7 Å². The number of carbonyl (C=O) groups excluding carboxylic acids is 2. The van der Waals surface area contributed by atoms with Crippen molar-refractivity contribution in [3.63, 3.8) is 0 Å². The first kappa shape index (κ1) is 30.0. The number of hydrogen-bond donors (Lipinski definition) is 1. The van der Waals surface area contributed by atoms with Gasteiger partial charge in [-0.05, 0) is 49.7 Å². The molecule has 0 bridgehead atoms. The summed E-state index contributed by atoms with van der Waals surface area (Å²) >= 11 is 5.77. The summed E-state index contributed by atoms with van der Waals surface area (Å²) in [7, 11) is -3.13. The van der Waals surface area contributed by atoms with Crippen LogP contribution in [0.3, 0.4) is 0 Å². The topological polar surface area (TPSA) is 86.8 Å². The quantitative estimate of drug-likeness (QED) is 0.384. The molecular weight excluding hydrogens is 555 g/mol. The molecule has 0 unspecified atom stereocenters. The summed E-state index contributed by atoms with van der Waals surface area (Å²) in [5.41, 5.74) is -0.234. The Morgan fingerprint density at radius 1 is 1.00 bits per heavy atom. The number of rotatable bonds is 9. The molecule has 7 nitrogen and oxygen atoms in total. The molecule has 2 amide bonds. The van der Waals surface area contributed by atoms with Gasteiger partial charge in [0.05, 0.1) is 21.2 Å². The highest BCUT2D eigenvalue weighted by atomic mass is 35.5. The number of likely N-dealkylation sites (N-methyl/N-ethyl adjacent to an activating group) is 1. The van der Waals surface area contributed by atoms with E-state index in [1.54, 1.807) is 37.3 Å². The fourth-order valence-electron chi connectivity index (χ4n) is 3.82. The van der Waals surface area contributed by atoms with Crippen molar-refractivity contribution < 1.29 is 31.2 Å². The number of aryl methyl sites for hydroxylation is 1. The van der Waals surface area contributed by atoms with Crippen molar-refractivity contribution in [3.8, 4) is 0 Å². The molecule has 0 heterocycles. The Balaban J connectivity index is 2.12. The summed E-state index contributed by atoms with van der Waals surface area (Å²) in [5.74, 6) is -1.30. The molecule has 39 heavy (non-hydrogen) atoms. The van der Waals surface area contributed by atoms with Gasteiger partial charge in [0.25, 0.3) is 10.0 Å². The number of nitrogens with one attached hydrogen (secondary N) is 1. The standard InChI is InChI=1S/C27H27ClF3N3O4S/c1-18-9-12-22(13-10-18)39(37,38)34(21-11-14-24(28)23(15-21)27(29,30)31)17-25(35)33(19(2)26(36)32-3)16-20-7-5-4-6-8-20/h4-15,19H,16-17H2,1-3H3,(H,32,36)/t19-/m1/s1. The smallest absolute Gasteiger partial charge is 0.357 e. The average Bonchev–Trinajstić information content (AvgIpc) is 2.90. The molecule has 0 saturated carbocycles. The van der Waals surface area contributed by atoms with E-state index in [1.165, 1.54) is 43.1 Å². The number of benzene rings is 3. The van der Waals surface area contributed by atoms with Gasteiger partial charge in [0, 0.05) is 13.6 Å². The fraction of sp³-hybridized carbons (Fsp3) is 0.259. The zero-order chi connectivity index (χ0) is 29.0. The maximum absolute atomic E-state index is 13.7. The minimum absolute atomic E-state index is 0.0406. The lowest BCUT2D eigenvalue weighted by atomic mass is 10.1. The van der Waals surface area contributed by atoms with Crippen molar-refractivity contribution >= 4 is 39.1 Å². The van der Waals surface area contributed by atoms with E-state index in [0.29, 0.717) is 15.9 Å². The van der Waals surface area contributed by atoms with Crippen LogP contribution in [0, 0.1) is 6.92 Å². The van der Waals surface area contributed by atoms with Crippen molar-refractivity contribution in [3.05, 3.63) is 94.5 Å². The highest BCUT2D eigenvalue weighted by Gasteiger charge is 2.36. The van der Waals surface area contributed by atoms with Crippen molar-refractivity contribution in [2.75, 3.05) is 17.9 Å². The molecule has 0 radical (unpaired) electrons. The normalized spacial score (nSPS) is 12.5. The average molecular weight is 582 g/mol. The van der Waals surface area contributed by atoms with Gasteiger partial charge in [-0.15, -0.1) is 0 Å². The fourth-order valence-corrected chi connectivity index (χ4v) is 5.45. The van der Waals surface area contributed by atoms with Crippen LogP contribution < -0.4 is 9.62 Å². The Labute approximate surface area is 230 Å². The van der Waals surface area contributed by atoms with E-state index in [-0.39, 0.29) is 11.4 Å². The van der Waals surface area contributed by atoms with Crippen molar-refractivity contribution in [1.29, 1.82) is 0 Å². The summed E-state index contributed by atoms with van der Waals surface area (Å²) in [6, 6.07) is 16.0. The van der Waals surface area contributed by atoms with Crippen LogP contribution in [0.4, 0.5) is 18.9 Å². The summed E-state index contributed by atoms with van der Waals surface area (Å²) in [4.78, 5) is 27.1. The van der Waals surface area contributed by atoms with Crippen LogP contribution in [0.1, 0.15) is 23.6 Å². The van der Waals surface area contributed by atoms with Gasteiger partial charge in [0.15, 0.2) is 0 Å². The van der Waals surface area contributed by atoms with Gasteiger partial charge in [-0.2, -0.15) is 13.2 Å². The van der Waals surface area contributed by atoms with Crippen molar-refractivity contribution in [1.82, 2.24) is 10.2 Å². The number of halogens is 4. The monoisotopic (exact) mass is 581 g/mol. The largest absolute Gasteiger partial charge is 0.417 e. The van der Waals surface area contributed by atoms with Crippen LogP contribution in [-0.4, -0.2) is 44.8 Å². The Kier molecular flexibility index (Phi) is 9.29. The number of anilines is 1. The molecule has 0 spiro atoms. The predicted octanol–water partition coefficient (Wildman–Crippen LogP) is 5.03. The summed E-state index contributed by atoms with van der Waals surface area (Å²) in [6.45, 7) is 2.31. The first-order valence-corrected chi connectivity index (χ1v) is 13.6. The molecule has 0 aromatic heterocycles. The van der Waals surface area contributed by atoms with Crippen LogP contribution in [0.2, 0.25) is 5.02 Å². The maximum atomic E-state index is 13.7. The minimum Gasteiger partial charge on any atom is -0.357 e. The molecule has 0 aliphatic heterocycles. The van der Waals surface area contributed by atoms with E-state index in [9.17, 15) is 31.2 Å². The molecule has 0 saturated heterocycles. The second-order valence-corrected chi connectivity index (χ2v) is 11.1.